The second-order valence-electron chi connectivity index (χ2n) is 10.1. The van der Waals surface area contributed by atoms with Crippen LogP contribution in [-0.2, 0) is 9.47 Å². The van der Waals surface area contributed by atoms with Crippen molar-refractivity contribution in [3.63, 3.8) is 0 Å². The number of rotatable bonds is 16. The van der Waals surface area contributed by atoms with Crippen LogP contribution in [0.4, 0.5) is 0 Å². The van der Waals surface area contributed by atoms with Gasteiger partial charge in [-0.05, 0) is 107 Å². The number of ether oxygens (including phenoxy) is 2. The Labute approximate surface area is 199 Å². The van der Waals surface area contributed by atoms with Crippen LogP contribution in [0.5, 0.6) is 0 Å². The molecule has 2 unspecified atom stereocenters. The van der Waals surface area contributed by atoms with Gasteiger partial charge in [0.15, 0.2) is 6.29 Å². The van der Waals surface area contributed by atoms with Gasteiger partial charge in [-0.15, -0.1) is 13.2 Å². The van der Waals surface area contributed by atoms with E-state index in [1.165, 1.54) is 22.3 Å². The van der Waals surface area contributed by atoms with Crippen LogP contribution in [0.3, 0.4) is 0 Å². The zero-order valence-corrected chi connectivity index (χ0v) is 22.5. The second-order valence-corrected chi connectivity index (χ2v) is 10.1. The summed E-state index contributed by atoms with van der Waals surface area (Å²) in [5.41, 5.74) is 4.29. The van der Waals surface area contributed by atoms with E-state index in [1.54, 1.807) is 0 Å². The Kier molecular flexibility index (Phi) is 14.5. The minimum atomic E-state index is -0.477. The average molecular weight is 443 g/mol. The van der Waals surface area contributed by atoms with Gasteiger partial charge < -0.3 is 9.47 Å². The predicted molar refractivity (Wildman–Crippen MR) is 143 cm³/mol. The van der Waals surface area contributed by atoms with Crippen molar-refractivity contribution < 1.29 is 9.47 Å². The largest absolute Gasteiger partial charge is 0.339 e. The van der Waals surface area contributed by atoms with E-state index in [0.717, 1.165) is 38.5 Å². The lowest BCUT2D eigenvalue weighted by molar-refractivity contribution is -0.206. The summed E-state index contributed by atoms with van der Waals surface area (Å²) >= 11 is 0. The molecule has 2 atom stereocenters. The molecular formula is C30H50O2. The van der Waals surface area contributed by atoms with Crippen LogP contribution in [0.15, 0.2) is 71.9 Å². The van der Waals surface area contributed by atoms with Gasteiger partial charge in [0.05, 0.1) is 11.2 Å². The van der Waals surface area contributed by atoms with Crippen molar-refractivity contribution in [1.82, 2.24) is 0 Å². The quantitative estimate of drug-likeness (QED) is 0.175. The van der Waals surface area contributed by atoms with E-state index in [1.807, 2.05) is 12.2 Å². The van der Waals surface area contributed by atoms with Gasteiger partial charge >= 0.3 is 0 Å². The first kappa shape index (κ1) is 30.4. The molecule has 182 valence electrons. The highest BCUT2D eigenvalue weighted by atomic mass is 16.7. The van der Waals surface area contributed by atoms with Crippen LogP contribution in [-0.4, -0.2) is 17.5 Å². The van der Waals surface area contributed by atoms with E-state index in [2.05, 4.69) is 99.8 Å². The molecule has 0 aromatic carbocycles. The second kappa shape index (κ2) is 15.2. The Morgan fingerprint density at radius 1 is 0.688 bits per heavy atom. The molecule has 0 aromatic heterocycles. The lowest BCUT2D eigenvalue weighted by Gasteiger charge is -2.36. The van der Waals surface area contributed by atoms with Crippen molar-refractivity contribution in [2.45, 2.75) is 118 Å². The molecule has 0 N–H and O–H groups in total. The standard InChI is InChI=1S/C30H50O2/c1-12-29(10,21-15-18-25(5)6)31-28(23-27(9)20-14-17-24(3)4)32-30(11,13-2)22-16-19-26(7)8/h12-13,17-19,23,28H,1-2,14-16,20-22H2,3-11H3/b27-23-. The van der Waals surface area contributed by atoms with Crippen LogP contribution in [0.1, 0.15) is 101 Å². The minimum Gasteiger partial charge on any atom is -0.339 e. The van der Waals surface area contributed by atoms with Crippen LogP contribution in [0, 0.1) is 0 Å². The van der Waals surface area contributed by atoms with E-state index in [0.29, 0.717) is 0 Å². The van der Waals surface area contributed by atoms with Gasteiger partial charge in [0.2, 0.25) is 0 Å². The lowest BCUT2D eigenvalue weighted by atomic mass is 9.98. The number of allylic oxidation sites excluding steroid dienone is 7. The van der Waals surface area contributed by atoms with Crippen LogP contribution in [0.25, 0.3) is 0 Å². The molecule has 0 rings (SSSR count). The molecule has 0 saturated carbocycles. The zero-order valence-electron chi connectivity index (χ0n) is 22.5. The maximum absolute atomic E-state index is 6.57. The molecule has 0 aliphatic rings. The lowest BCUT2D eigenvalue weighted by Crippen LogP contribution is -2.38. The molecule has 2 nitrogen and oxygen atoms in total. The van der Waals surface area contributed by atoms with Gasteiger partial charge in [-0.1, -0.05) is 52.7 Å². The van der Waals surface area contributed by atoms with Crippen molar-refractivity contribution in [3.05, 3.63) is 71.9 Å². The van der Waals surface area contributed by atoms with E-state index < -0.39 is 17.5 Å². The summed E-state index contributed by atoms with van der Waals surface area (Å²) in [4.78, 5) is 0. The first-order valence-corrected chi connectivity index (χ1v) is 12.0. The molecule has 0 amide bonds. The van der Waals surface area contributed by atoms with Gasteiger partial charge in [0.1, 0.15) is 0 Å². The van der Waals surface area contributed by atoms with E-state index in [9.17, 15) is 0 Å². The van der Waals surface area contributed by atoms with Gasteiger partial charge in [0.25, 0.3) is 0 Å². The molecule has 0 aliphatic heterocycles. The summed E-state index contributed by atoms with van der Waals surface area (Å²) in [5.74, 6) is 0. The molecule has 0 bridgehead atoms. The van der Waals surface area contributed by atoms with Crippen LogP contribution in [0.2, 0.25) is 0 Å². The van der Waals surface area contributed by atoms with Gasteiger partial charge in [-0.25, -0.2) is 0 Å². The normalized spacial score (nSPS) is 16.2. The fraction of sp³-hybridized carbons (Fsp3) is 0.600. The summed E-state index contributed by atoms with van der Waals surface area (Å²) < 4.78 is 13.1. The van der Waals surface area contributed by atoms with Crippen LogP contribution < -0.4 is 0 Å². The fourth-order valence-corrected chi connectivity index (χ4v) is 3.24. The Bertz CT molecular complexity index is 652. The summed E-state index contributed by atoms with van der Waals surface area (Å²) in [5, 5.41) is 0. The molecule has 0 aromatic rings. The topological polar surface area (TPSA) is 18.5 Å². The van der Waals surface area contributed by atoms with Gasteiger partial charge in [-0.2, -0.15) is 0 Å². The molecule has 0 saturated heterocycles. The summed E-state index contributed by atoms with van der Waals surface area (Å²) in [6.45, 7) is 27.2. The molecule has 0 spiro atoms. The Hall–Kier alpha value is -1.64. The van der Waals surface area contributed by atoms with Gasteiger partial charge in [0, 0.05) is 0 Å². The van der Waals surface area contributed by atoms with Crippen molar-refractivity contribution in [3.8, 4) is 0 Å². The van der Waals surface area contributed by atoms with E-state index in [4.69, 9.17) is 9.47 Å². The Balaban J connectivity index is 5.67. The fourth-order valence-electron chi connectivity index (χ4n) is 3.24. The van der Waals surface area contributed by atoms with Crippen molar-refractivity contribution >= 4 is 0 Å². The molecule has 2 heteroatoms. The third-order valence-corrected chi connectivity index (χ3v) is 5.53. The van der Waals surface area contributed by atoms with Crippen molar-refractivity contribution in [2.75, 3.05) is 0 Å². The third-order valence-electron chi connectivity index (χ3n) is 5.53. The SMILES string of the molecule is C=CC(C)(CCC=C(C)C)OC(/C=C(/C)CCC=C(C)C)OC(C)(C=C)CCC=C(C)C. The monoisotopic (exact) mass is 442 g/mol. The Morgan fingerprint density at radius 3 is 1.41 bits per heavy atom. The molecule has 0 heterocycles. The Morgan fingerprint density at radius 2 is 1.06 bits per heavy atom. The highest BCUT2D eigenvalue weighted by Gasteiger charge is 2.30. The molecule has 32 heavy (non-hydrogen) atoms. The van der Waals surface area contributed by atoms with Crippen molar-refractivity contribution in [2.24, 2.45) is 0 Å². The zero-order chi connectivity index (χ0) is 24.8. The maximum Gasteiger partial charge on any atom is 0.179 e. The predicted octanol–water partition coefficient (Wildman–Crippen LogP) is 9.42. The van der Waals surface area contributed by atoms with Crippen molar-refractivity contribution in [1.29, 1.82) is 0 Å². The smallest absolute Gasteiger partial charge is 0.179 e. The highest BCUT2D eigenvalue weighted by molar-refractivity contribution is 5.07. The molecule has 0 radical (unpaired) electrons. The molecular weight excluding hydrogens is 392 g/mol. The first-order valence-electron chi connectivity index (χ1n) is 12.0. The summed E-state index contributed by atoms with van der Waals surface area (Å²) in [7, 11) is 0. The minimum absolute atomic E-state index is 0.467. The molecule has 0 fully saturated rings. The van der Waals surface area contributed by atoms with E-state index >= 15 is 0 Å². The van der Waals surface area contributed by atoms with Crippen LogP contribution >= 0.6 is 0 Å². The third kappa shape index (κ3) is 14.4. The maximum atomic E-state index is 6.57. The first-order chi connectivity index (χ1) is 14.8. The van der Waals surface area contributed by atoms with E-state index in [-0.39, 0.29) is 0 Å². The highest BCUT2D eigenvalue weighted by Crippen LogP contribution is 2.29. The summed E-state index contributed by atoms with van der Waals surface area (Å²) in [6, 6.07) is 0. The van der Waals surface area contributed by atoms with Gasteiger partial charge in [-0.3, -0.25) is 0 Å². The summed E-state index contributed by atoms with van der Waals surface area (Å²) in [6.07, 6.45) is 17.8. The number of hydrogen-bond acceptors (Lipinski definition) is 2. The molecule has 0 aliphatic carbocycles. The number of hydrogen-bond donors (Lipinski definition) is 0. The average Bonchev–Trinajstić information content (AvgIpc) is 2.66.